The summed E-state index contributed by atoms with van der Waals surface area (Å²) in [6, 6.07) is 0.642. The predicted octanol–water partition coefficient (Wildman–Crippen LogP) is 2.85. The van der Waals surface area contributed by atoms with Crippen molar-refractivity contribution in [2.24, 2.45) is 5.92 Å². The maximum absolute atomic E-state index is 11.6. The molecule has 0 aliphatic heterocycles. The second kappa shape index (κ2) is 9.37. The Kier molecular flexibility index (Phi) is 8.06. The van der Waals surface area contributed by atoms with Crippen molar-refractivity contribution in [1.29, 1.82) is 0 Å². The van der Waals surface area contributed by atoms with Gasteiger partial charge in [-0.05, 0) is 18.8 Å². The maximum Gasteiger partial charge on any atom is 0.221 e. The van der Waals surface area contributed by atoms with Gasteiger partial charge in [-0.15, -0.1) is 0 Å². The minimum Gasteiger partial charge on any atom is -0.356 e. The van der Waals surface area contributed by atoms with Gasteiger partial charge in [-0.3, -0.25) is 4.79 Å². The molecule has 0 spiro atoms. The Morgan fingerprint density at radius 1 is 1.11 bits per heavy atom. The van der Waals surface area contributed by atoms with Crippen molar-refractivity contribution >= 4 is 5.91 Å². The van der Waals surface area contributed by atoms with Gasteiger partial charge in [0.2, 0.25) is 5.91 Å². The second-order valence-electron chi connectivity index (χ2n) is 5.94. The first-order chi connectivity index (χ1) is 8.68. The van der Waals surface area contributed by atoms with Crippen LogP contribution in [0.3, 0.4) is 0 Å². The molecule has 0 bridgehead atoms. The summed E-state index contributed by atoms with van der Waals surface area (Å²) < 4.78 is 0. The summed E-state index contributed by atoms with van der Waals surface area (Å²) in [6.07, 6.45) is 10.0. The van der Waals surface area contributed by atoms with Gasteiger partial charge in [0, 0.05) is 25.6 Å². The lowest BCUT2D eigenvalue weighted by Gasteiger charge is -2.21. The quantitative estimate of drug-likeness (QED) is 0.765. The fourth-order valence-electron chi connectivity index (χ4n) is 2.46. The van der Waals surface area contributed by atoms with Crippen LogP contribution in [-0.2, 0) is 4.79 Å². The molecule has 0 heterocycles. The molecule has 0 aromatic heterocycles. The van der Waals surface area contributed by atoms with Crippen molar-refractivity contribution in [1.82, 2.24) is 10.6 Å². The highest BCUT2D eigenvalue weighted by atomic mass is 16.1. The van der Waals surface area contributed by atoms with Crippen LogP contribution in [0.2, 0.25) is 0 Å². The molecule has 18 heavy (non-hydrogen) atoms. The average molecular weight is 254 g/mol. The smallest absolute Gasteiger partial charge is 0.221 e. The Bertz CT molecular complexity index is 221. The van der Waals surface area contributed by atoms with E-state index in [4.69, 9.17) is 0 Å². The minimum absolute atomic E-state index is 0.182. The van der Waals surface area contributed by atoms with Crippen molar-refractivity contribution in [2.75, 3.05) is 13.1 Å². The summed E-state index contributed by atoms with van der Waals surface area (Å²) >= 11 is 0. The molecule has 1 fully saturated rings. The van der Waals surface area contributed by atoms with Gasteiger partial charge in [0.15, 0.2) is 0 Å². The van der Waals surface area contributed by atoms with Gasteiger partial charge >= 0.3 is 0 Å². The molecular weight excluding hydrogens is 224 g/mol. The van der Waals surface area contributed by atoms with Crippen molar-refractivity contribution in [2.45, 2.75) is 71.3 Å². The topological polar surface area (TPSA) is 41.1 Å². The summed E-state index contributed by atoms with van der Waals surface area (Å²) in [7, 11) is 0. The van der Waals surface area contributed by atoms with Gasteiger partial charge in [-0.25, -0.2) is 0 Å². The maximum atomic E-state index is 11.6. The third-order valence-electron chi connectivity index (χ3n) is 3.60. The SMILES string of the molecule is CC(C)CNC(=O)CCNC1CCCCCCC1. The molecule has 2 N–H and O–H groups in total. The van der Waals surface area contributed by atoms with Crippen LogP contribution in [-0.4, -0.2) is 25.0 Å². The number of nitrogens with one attached hydrogen (secondary N) is 2. The molecule has 106 valence electrons. The van der Waals surface area contributed by atoms with E-state index in [0.29, 0.717) is 18.4 Å². The number of carbonyl (C=O) groups excluding carboxylic acids is 1. The second-order valence-corrected chi connectivity index (χ2v) is 5.94. The Morgan fingerprint density at radius 2 is 1.72 bits per heavy atom. The number of amides is 1. The van der Waals surface area contributed by atoms with E-state index in [9.17, 15) is 4.79 Å². The molecule has 1 aliphatic rings. The van der Waals surface area contributed by atoms with E-state index in [2.05, 4.69) is 24.5 Å². The van der Waals surface area contributed by atoms with E-state index in [1.807, 2.05) is 0 Å². The fourth-order valence-corrected chi connectivity index (χ4v) is 2.46. The van der Waals surface area contributed by atoms with E-state index in [1.54, 1.807) is 0 Å². The van der Waals surface area contributed by atoms with Crippen LogP contribution in [0.15, 0.2) is 0 Å². The highest BCUT2D eigenvalue weighted by Crippen LogP contribution is 2.16. The zero-order chi connectivity index (χ0) is 13.2. The molecule has 3 heteroatoms. The zero-order valence-electron chi connectivity index (χ0n) is 12.1. The Balaban J connectivity index is 2.06. The molecule has 1 amide bonds. The average Bonchev–Trinajstić information content (AvgIpc) is 2.29. The zero-order valence-corrected chi connectivity index (χ0v) is 12.1. The van der Waals surface area contributed by atoms with E-state index in [-0.39, 0.29) is 5.91 Å². The number of hydrogen-bond donors (Lipinski definition) is 2. The van der Waals surface area contributed by atoms with Crippen LogP contribution in [0.1, 0.15) is 65.2 Å². The van der Waals surface area contributed by atoms with Gasteiger partial charge in [-0.2, -0.15) is 0 Å². The van der Waals surface area contributed by atoms with E-state index < -0.39 is 0 Å². The molecular formula is C15H30N2O. The van der Waals surface area contributed by atoms with Gasteiger partial charge in [0.25, 0.3) is 0 Å². The third kappa shape index (κ3) is 7.70. The Hall–Kier alpha value is -0.570. The molecule has 1 rings (SSSR count). The minimum atomic E-state index is 0.182. The number of hydrogen-bond acceptors (Lipinski definition) is 2. The lowest BCUT2D eigenvalue weighted by atomic mass is 9.97. The molecule has 0 radical (unpaired) electrons. The van der Waals surface area contributed by atoms with Crippen molar-refractivity contribution in [3.05, 3.63) is 0 Å². The Morgan fingerprint density at radius 3 is 2.33 bits per heavy atom. The molecule has 0 aromatic carbocycles. The molecule has 0 aromatic rings. The molecule has 1 aliphatic carbocycles. The molecule has 3 nitrogen and oxygen atoms in total. The number of carbonyl (C=O) groups is 1. The molecule has 0 saturated heterocycles. The van der Waals surface area contributed by atoms with E-state index in [0.717, 1.165) is 13.1 Å². The van der Waals surface area contributed by atoms with Gasteiger partial charge < -0.3 is 10.6 Å². The highest BCUT2D eigenvalue weighted by molar-refractivity contribution is 5.76. The summed E-state index contributed by atoms with van der Waals surface area (Å²) in [5, 5.41) is 6.51. The number of rotatable bonds is 6. The summed E-state index contributed by atoms with van der Waals surface area (Å²) in [4.78, 5) is 11.6. The van der Waals surface area contributed by atoms with E-state index in [1.165, 1.54) is 44.9 Å². The van der Waals surface area contributed by atoms with Crippen LogP contribution < -0.4 is 10.6 Å². The fraction of sp³-hybridized carbons (Fsp3) is 0.933. The van der Waals surface area contributed by atoms with Crippen molar-refractivity contribution < 1.29 is 4.79 Å². The lowest BCUT2D eigenvalue weighted by molar-refractivity contribution is -0.121. The van der Waals surface area contributed by atoms with Crippen molar-refractivity contribution in [3.8, 4) is 0 Å². The first-order valence-corrected chi connectivity index (χ1v) is 7.68. The summed E-state index contributed by atoms with van der Waals surface area (Å²) in [6.45, 7) is 5.86. The largest absolute Gasteiger partial charge is 0.356 e. The lowest BCUT2D eigenvalue weighted by Crippen LogP contribution is -2.34. The molecule has 0 unspecified atom stereocenters. The molecule has 1 saturated carbocycles. The van der Waals surface area contributed by atoms with Crippen LogP contribution in [0.25, 0.3) is 0 Å². The first kappa shape index (κ1) is 15.5. The van der Waals surface area contributed by atoms with E-state index >= 15 is 0 Å². The Labute approximate surface area is 112 Å². The normalized spacial score (nSPS) is 18.4. The summed E-state index contributed by atoms with van der Waals surface area (Å²) in [5.41, 5.74) is 0. The predicted molar refractivity (Wildman–Crippen MR) is 76.6 cm³/mol. The van der Waals surface area contributed by atoms with Gasteiger partial charge in [0.05, 0.1) is 0 Å². The monoisotopic (exact) mass is 254 g/mol. The highest BCUT2D eigenvalue weighted by Gasteiger charge is 2.11. The van der Waals surface area contributed by atoms with Crippen molar-refractivity contribution in [3.63, 3.8) is 0 Å². The van der Waals surface area contributed by atoms with Crippen LogP contribution in [0.5, 0.6) is 0 Å². The van der Waals surface area contributed by atoms with Gasteiger partial charge in [-0.1, -0.05) is 46.0 Å². The van der Waals surface area contributed by atoms with Gasteiger partial charge in [0.1, 0.15) is 0 Å². The van der Waals surface area contributed by atoms with Crippen LogP contribution in [0, 0.1) is 5.92 Å². The third-order valence-corrected chi connectivity index (χ3v) is 3.60. The van der Waals surface area contributed by atoms with Crippen LogP contribution in [0.4, 0.5) is 0 Å². The van der Waals surface area contributed by atoms with Crippen LogP contribution >= 0.6 is 0 Å². The standard InChI is InChI=1S/C15H30N2O/c1-13(2)12-17-15(18)10-11-16-14-8-6-4-3-5-7-9-14/h13-14,16H,3-12H2,1-2H3,(H,17,18). The molecule has 0 atom stereocenters. The summed E-state index contributed by atoms with van der Waals surface area (Å²) in [5.74, 6) is 0.717. The first-order valence-electron chi connectivity index (χ1n) is 7.68.